The van der Waals surface area contributed by atoms with E-state index in [1.54, 1.807) is 14.7 Å². The molecule has 0 unspecified atom stereocenters. The molecule has 0 bridgehead atoms. The number of nitrogens with zero attached hydrogens (tertiary/aromatic N) is 3. The number of carbonyl (C=O) groups excluding carboxylic acids is 3. The van der Waals surface area contributed by atoms with Gasteiger partial charge in [0.1, 0.15) is 6.04 Å². The maximum atomic E-state index is 12.8. The zero-order valence-electron chi connectivity index (χ0n) is 15.3. The van der Waals surface area contributed by atoms with E-state index < -0.39 is 12.0 Å². The molecule has 0 aliphatic carbocycles. The van der Waals surface area contributed by atoms with E-state index in [0.717, 1.165) is 25.9 Å². The maximum Gasteiger partial charge on any atom is 0.330 e. The Labute approximate surface area is 153 Å². The number of morpholine rings is 1. The van der Waals surface area contributed by atoms with Crippen molar-refractivity contribution in [3.8, 4) is 0 Å². The lowest BCUT2D eigenvalue weighted by Gasteiger charge is -2.43. The topological polar surface area (TPSA) is 91.4 Å². The smallest absolute Gasteiger partial charge is 0.330 e. The first kappa shape index (κ1) is 18.9. The van der Waals surface area contributed by atoms with Crippen LogP contribution in [0.25, 0.3) is 0 Å². The number of esters is 1. The van der Waals surface area contributed by atoms with Gasteiger partial charge in [-0.2, -0.15) is 0 Å². The molecular weight excluding hydrogens is 340 g/mol. The van der Waals surface area contributed by atoms with Gasteiger partial charge in [0.25, 0.3) is 0 Å². The Hall–Kier alpha value is -1.87. The van der Waals surface area contributed by atoms with Crippen LogP contribution in [-0.2, 0) is 19.1 Å². The summed E-state index contributed by atoms with van der Waals surface area (Å²) in [7, 11) is 1.31. The molecule has 1 atom stereocenters. The van der Waals surface area contributed by atoms with Crippen LogP contribution in [0.3, 0.4) is 0 Å². The molecular formula is C17H28N4O5. The fraction of sp³-hybridized carbons (Fsp3) is 0.824. The zero-order chi connectivity index (χ0) is 18.5. The third-order valence-electron chi connectivity index (χ3n) is 5.38. The molecule has 26 heavy (non-hydrogen) atoms. The number of rotatable bonds is 2. The highest BCUT2D eigenvalue weighted by atomic mass is 16.5. The number of piperidine rings is 1. The van der Waals surface area contributed by atoms with Crippen molar-refractivity contribution in [3.05, 3.63) is 0 Å². The van der Waals surface area contributed by atoms with Gasteiger partial charge in [-0.1, -0.05) is 0 Å². The summed E-state index contributed by atoms with van der Waals surface area (Å²) in [6.45, 7) is 4.71. The first-order chi connectivity index (χ1) is 12.6. The third-order valence-corrected chi connectivity index (χ3v) is 5.38. The lowest BCUT2D eigenvalue weighted by atomic mass is 9.96. The van der Waals surface area contributed by atoms with E-state index in [-0.39, 0.29) is 24.4 Å². The Morgan fingerprint density at radius 2 is 1.69 bits per heavy atom. The van der Waals surface area contributed by atoms with Crippen molar-refractivity contribution in [1.82, 2.24) is 20.0 Å². The molecule has 3 saturated heterocycles. The molecule has 0 aromatic heterocycles. The maximum absolute atomic E-state index is 12.8. The summed E-state index contributed by atoms with van der Waals surface area (Å²) in [6, 6.07) is -0.938. The summed E-state index contributed by atoms with van der Waals surface area (Å²) in [5, 5.41) is 3.25. The monoisotopic (exact) mass is 368 g/mol. The van der Waals surface area contributed by atoms with Crippen LogP contribution in [0.5, 0.6) is 0 Å². The van der Waals surface area contributed by atoms with Gasteiger partial charge >= 0.3 is 12.0 Å². The van der Waals surface area contributed by atoms with Crippen molar-refractivity contribution >= 4 is 17.9 Å². The van der Waals surface area contributed by atoms with E-state index in [1.807, 2.05) is 0 Å². The number of carbonyl (C=O) groups is 3. The van der Waals surface area contributed by atoms with E-state index in [0.29, 0.717) is 39.4 Å². The van der Waals surface area contributed by atoms with Crippen molar-refractivity contribution < 1.29 is 23.9 Å². The summed E-state index contributed by atoms with van der Waals surface area (Å²) in [5.74, 6) is -0.399. The standard InChI is InChI=1S/C17H28N4O5/c1-25-16(23)14-12-20(15(22)13-2-4-18-5-3-13)6-7-21(14)17(24)19-8-10-26-11-9-19/h13-14,18H,2-12H2,1H3/t14-/m0/s1. The second kappa shape index (κ2) is 8.68. The molecule has 9 heteroatoms. The summed E-state index contributed by atoms with van der Waals surface area (Å²) < 4.78 is 10.2. The molecule has 0 aromatic rings. The van der Waals surface area contributed by atoms with E-state index in [9.17, 15) is 14.4 Å². The van der Waals surface area contributed by atoms with Gasteiger partial charge in [-0.05, 0) is 25.9 Å². The number of methoxy groups -OCH3 is 1. The lowest BCUT2D eigenvalue weighted by molar-refractivity contribution is -0.151. The van der Waals surface area contributed by atoms with Crippen molar-refractivity contribution in [1.29, 1.82) is 0 Å². The second-order valence-corrected chi connectivity index (χ2v) is 6.92. The first-order valence-electron chi connectivity index (χ1n) is 9.32. The largest absolute Gasteiger partial charge is 0.467 e. The minimum absolute atomic E-state index is 0.00367. The van der Waals surface area contributed by atoms with Crippen LogP contribution >= 0.6 is 0 Å². The van der Waals surface area contributed by atoms with Crippen LogP contribution in [0.15, 0.2) is 0 Å². The van der Waals surface area contributed by atoms with Gasteiger partial charge in [-0.25, -0.2) is 9.59 Å². The van der Waals surface area contributed by atoms with E-state index in [4.69, 9.17) is 9.47 Å². The zero-order valence-corrected chi connectivity index (χ0v) is 15.3. The van der Waals surface area contributed by atoms with Crippen LogP contribution in [0.1, 0.15) is 12.8 Å². The summed E-state index contributed by atoms with van der Waals surface area (Å²) in [6.07, 6.45) is 1.63. The van der Waals surface area contributed by atoms with Crippen LogP contribution in [0.4, 0.5) is 4.79 Å². The molecule has 0 saturated carbocycles. The van der Waals surface area contributed by atoms with Crippen molar-refractivity contribution in [2.75, 3.05) is 66.1 Å². The molecule has 146 valence electrons. The average molecular weight is 368 g/mol. The van der Waals surface area contributed by atoms with Gasteiger partial charge < -0.3 is 29.5 Å². The minimum atomic E-state index is -0.755. The minimum Gasteiger partial charge on any atom is -0.467 e. The molecule has 3 amide bonds. The molecule has 0 aromatic carbocycles. The number of hydrogen-bond acceptors (Lipinski definition) is 6. The van der Waals surface area contributed by atoms with Gasteiger partial charge in [0.2, 0.25) is 5.91 Å². The molecule has 0 spiro atoms. The fourth-order valence-electron chi connectivity index (χ4n) is 3.81. The number of urea groups is 1. The molecule has 3 fully saturated rings. The van der Waals surface area contributed by atoms with Crippen LogP contribution in [0, 0.1) is 5.92 Å². The van der Waals surface area contributed by atoms with Crippen molar-refractivity contribution in [3.63, 3.8) is 0 Å². The normalized spacial score (nSPS) is 25.1. The van der Waals surface area contributed by atoms with Crippen LogP contribution in [-0.4, -0.2) is 105 Å². The fourth-order valence-corrected chi connectivity index (χ4v) is 3.81. The molecule has 1 N–H and O–H groups in total. The highest BCUT2D eigenvalue weighted by Gasteiger charge is 2.40. The highest BCUT2D eigenvalue weighted by Crippen LogP contribution is 2.20. The SMILES string of the molecule is COC(=O)[C@@H]1CN(C(=O)C2CCNCC2)CCN1C(=O)N1CCOCC1. The third kappa shape index (κ3) is 4.09. The number of piperazine rings is 1. The van der Waals surface area contributed by atoms with E-state index in [2.05, 4.69) is 5.32 Å². The number of nitrogens with one attached hydrogen (secondary N) is 1. The average Bonchev–Trinajstić information content (AvgIpc) is 2.73. The van der Waals surface area contributed by atoms with E-state index in [1.165, 1.54) is 7.11 Å². The van der Waals surface area contributed by atoms with E-state index >= 15 is 0 Å². The second-order valence-electron chi connectivity index (χ2n) is 6.92. The molecule has 3 aliphatic heterocycles. The van der Waals surface area contributed by atoms with Gasteiger partial charge in [0.15, 0.2) is 0 Å². The number of hydrogen-bond donors (Lipinski definition) is 1. The summed E-state index contributed by atoms with van der Waals surface area (Å²) in [5.41, 5.74) is 0. The highest BCUT2D eigenvalue weighted by molar-refractivity contribution is 5.86. The Balaban J connectivity index is 1.67. The van der Waals surface area contributed by atoms with Gasteiger partial charge in [0, 0.05) is 32.1 Å². The predicted molar refractivity (Wildman–Crippen MR) is 92.5 cm³/mol. The van der Waals surface area contributed by atoms with Crippen LogP contribution < -0.4 is 5.32 Å². The van der Waals surface area contributed by atoms with Gasteiger partial charge in [0.05, 0.1) is 26.9 Å². The Morgan fingerprint density at radius 1 is 1.00 bits per heavy atom. The molecule has 0 radical (unpaired) electrons. The summed E-state index contributed by atoms with van der Waals surface area (Å²) in [4.78, 5) is 42.9. The van der Waals surface area contributed by atoms with Crippen LogP contribution in [0.2, 0.25) is 0 Å². The van der Waals surface area contributed by atoms with Crippen molar-refractivity contribution in [2.45, 2.75) is 18.9 Å². The molecule has 3 aliphatic rings. The summed E-state index contributed by atoms with van der Waals surface area (Å²) >= 11 is 0. The van der Waals surface area contributed by atoms with Crippen molar-refractivity contribution in [2.24, 2.45) is 5.92 Å². The Bertz CT molecular complexity index is 531. The first-order valence-corrected chi connectivity index (χ1v) is 9.32. The number of ether oxygens (including phenoxy) is 2. The molecule has 3 rings (SSSR count). The lowest BCUT2D eigenvalue weighted by Crippen LogP contribution is -2.63. The quantitative estimate of drug-likeness (QED) is 0.637. The Kier molecular flexibility index (Phi) is 6.31. The predicted octanol–water partition coefficient (Wildman–Crippen LogP) is -0.876. The van der Waals surface area contributed by atoms with Gasteiger partial charge in [-0.3, -0.25) is 4.79 Å². The Morgan fingerprint density at radius 3 is 2.35 bits per heavy atom. The molecule has 3 heterocycles. The van der Waals surface area contributed by atoms with Gasteiger partial charge in [-0.15, -0.1) is 0 Å². The number of amides is 3. The molecule has 9 nitrogen and oxygen atoms in total.